The summed E-state index contributed by atoms with van der Waals surface area (Å²) in [4.78, 5) is 29.1. The molecule has 1 aliphatic heterocycles. The molecule has 31 heavy (non-hydrogen) atoms. The molecule has 3 heterocycles. The predicted octanol–water partition coefficient (Wildman–Crippen LogP) is 4.59. The lowest BCUT2D eigenvalue weighted by atomic mass is 9.96. The Morgan fingerprint density at radius 2 is 2.00 bits per heavy atom. The first-order valence-corrected chi connectivity index (χ1v) is 12.0. The minimum absolute atomic E-state index is 0.125. The van der Waals surface area contributed by atoms with Gasteiger partial charge in [-0.05, 0) is 57.2 Å². The predicted molar refractivity (Wildman–Crippen MR) is 124 cm³/mol. The van der Waals surface area contributed by atoms with E-state index < -0.39 is 10.8 Å². The monoisotopic (exact) mass is 453 g/mol. The quantitative estimate of drug-likeness (QED) is 0.572. The fraction of sp³-hybridized carbons (Fsp3) is 0.364. The van der Waals surface area contributed by atoms with Gasteiger partial charge in [-0.15, -0.1) is 21.5 Å². The lowest BCUT2D eigenvalue weighted by Crippen LogP contribution is -2.60. The average molecular weight is 454 g/mol. The Hall–Kier alpha value is -2.65. The Labute approximate surface area is 188 Å². The molecule has 3 aromatic rings. The van der Waals surface area contributed by atoms with Gasteiger partial charge in [0.2, 0.25) is 11.8 Å². The summed E-state index contributed by atoms with van der Waals surface area (Å²) >= 11 is 3.04. The number of aromatic nitrogens is 3. The Morgan fingerprint density at radius 3 is 2.71 bits per heavy atom. The van der Waals surface area contributed by atoms with Crippen molar-refractivity contribution in [1.82, 2.24) is 14.8 Å². The van der Waals surface area contributed by atoms with Gasteiger partial charge >= 0.3 is 0 Å². The van der Waals surface area contributed by atoms with Crippen LogP contribution in [0.5, 0.6) is 0 Å². The minimum atomic E-state index is -0.994. The van der Waals surface area contributed by atoms with E-state index in [4.69, 9.17) is 0 Å². The Morgan fingerprint density at radius 1 is 1.23 bits per heavy atom. The standard InChI is InChI=1S/C22H23N5O2S2/c1-13(19(28)27-16-8-5-4-7-15(16)23-20(29)22(27,2)3)31-21-25-24-18(17-9-6-12-30-17)26(21)14-10-11-14/h4-9,12-14H,10-11H2,1-3H3,(H,23,29). The summed E-state index contributed by atoms with van der Waals surface area (Å²) in [6, 6.07) is 11.8. The lowest BCUT2D eigenvalue weighted by molar-refractivity contribution is -0.126. The SMILES string of the molecule is CC(Sc1nnc(-c2cccs2)n1C1CC1)C(=O)N1c2ccccc2NC(=O)C1(C)C. The number of carbonyl (C=O) groups is 2. The zero-order valence-electron chi connectivity index (χ0n) is 17.5. The average Bonchev–Trinajstić information content (AvgIpc) is 3.26. The van der Waals surface area contributed by atoms with Gasteiger partial charge in [0.05, 0.1) is 21.5 Å². The summed E-state index contributed by atoms with van der Waals surface area (Å²) in [5.74, 6) is 0.542. The van der Waals surface area contributed by atoms with Gasteiger partial charge in [0.1, 0.15) is 5.54 Å². The highest BCUT2D eigenvalue weighted by Crippen LogP contribution is 2.43. The van der Waals surface area contributed by atoms with E-state index >= 15 is 0 Å². The summed E-state index contributed by atoms with van der Waals surface area (Å²) in [7, 11) is 0. The number of anilines is 2. The number of thiophene rings is 1. The maximum Gasteiger partial charge on any atom is 0.250 e. The highest BCUT2D eigenvalue weighted by atomic mass is 32.2. The molecule has 1 aromatic carbocycles. The third-order valence-corrected chi connectivity index (χ3v) is 7.59. The lowest BCUT2D eigenvalue weighted by Gasteiger charge is -2.43. The Kier molecular flexibility index (Phi) is 4.90. The van der Waals surface area contributed by atoms with Crippen molar-refractivity contribution in [3.8, 4) is 10.7 Å². The van der Waals surface area contributed by atoms with Crippen LogP contribution in [0.15, 0.2) is 46.9 Å². The molecule has 0 saturated heterocycles. The van der Waals surface area contributed by atoms with Crippen LogP contribution < -0.4 is 10.2 Å². The number of fused-ring (bicyclic) bond motifs is 1. The van der Waals surface area contributed by atoms with Crippen LogP contribution in [0, 0.1) is 0 Å². The third-order valence-electron chi connectivity index (χ3n) is 5.68. The normalized spacial score (nSPS) is 18.4. The topological polar surface area (TPSA) is 80.1 Å². The molecule has 1 unspecified atom stereocenters. The van der Waals surface area contributed by atoms with E-state index in [1.54, 1.807) is 30.1 Å². The molecule has 160 valence electrons. The van der Waals surface area contributed by atoms with Crippen molar-refractivity contribution in [2.45, 2.75) is 55.6 Å². The van der Waals surface area contributed by atoms with Gasteiger partial charge in [-0.1, -0.05) is 30.0 Å². The molecule has 1 saturated carbocycles. The molecule has 0 radical (unpaired) electrons. The number of hydrogen-bond acceptors (Lipinski definition) is 6. The molecule has 1 atom stereocenters. The van der Waals surface area contributed by atoms with E-state index in [0.717, 1.165) is 28.7 Å². The molecular weight excluding hydrogens is 430 g/mol. The van der Waals surface area contributed by atoms with Crippen LogP contribution >= 0.6 is 23.1 Å². The fourth-order valence-corrected chi connectivity index (χ4v) is 5.49. The number of thioether (sulfide) groups is 1. The molecule has 0 spiro atoms. The van der Waals surface area contributed by atoms with Gasteiger partial charge in [0, 0.05) is 6.04 Å². The summed E-state index contributed by atoms with van der Waals surface area (Å²) < 4.78 is 2.17. The third kappa shape index (κ3) is 3.45. The maximum atomic E-state index is 13.6. The maximum absolute atomic E-state index is 13.6. The zero-order chi connectivity index (χ0) is 21.8. The molecule has 2 amide bonds. The minimum Gasteiger partial charge on any atom is -0.322 e. The zero-order valence-corrected chi connectivity index (χ0v) is 19.2. The number of para-hydroxylation sites is 2. The van der Waals surface area contributed by atoms with E-state index in [1.165, 1.54) is 11.8 Å². The second kappa shape index (κ2) is 7.49. The number of amides is 2. The van der Waals surface area contributed by atoms with Crippen molar-refractivity contribution in [1.29, 1.82) is 0 Å². The fourth-order valence-electron chi connectivity index (χ4n) is 3.83. The van der Waals surface area contributed by atoms with E-state index in [-0.39, 0.29) is 11.8 Å². The largest absolute Gasteiger partial charge is 0.322 e. The molecule has 1 N–H and O–H groups in total. The summed E-state index contributed by atoms with van der Waals surface area (Å²) in [5, 5.41) is 14.1. The van der Waals surface area contributed by atoms with Crippen LogP contribution in [0.4, 0.5) is 11.4 Å². The molecule has 2 aromatic heterocycles. The Balaban J connectivity index is 1.46. The number of carbonyl (C=O) groups excluding carboxylic acids is 2. The number of nitrogens with zero attached hydrogens (tertiary/aromatic N) is 4. The molecule has 7 nitrogen and oxygen atoms in total. The van der Waals surface area contributed by atoms with Crippen LogP contribution in [0.2, 0.25) is 0 Å². The van der Waals surface area contributed by atoms with Crippen molar-refractivity contribution in [2.24, 2.45) is 0 Å². The van der Waals surface area contributed by atoms with Crippen molar-refractivity contribution in [3.63, 3.8) is 0 Å². The molecule has 1 aliphatic carbocycles. The molecule has 5 rings (SSSR count). The molecular formula is C22H23N5O2S2. The smallest absolute Gasteiger partial charge is 0.250 e. The first-order valence-electron chi connectivity index (χ1n) is 10.3. The highest BCUT2D eigenvalue weighted by molar-refractivity contribution is 8.00. The van der Waals surface area contributed by atoms with Gasteiger partial charge in [0.15, 0.2) is 11.0 Å². The van der Waals surface area contributed by atoms with Gasteiger partial charge in [0.25, 0.3) is 0 Å². The van der Waals surface area contributed by atoms with Crippen molar-refractivity contribution < 1.29 is 9.59 Å². The van der Waals surface area contributed by atoms with E-state index in [9.17, 15) is 9.59 Å². The second-order valence-corrected chi connectivity index (χ2v) is 10.6. The first kappa shape index (κ1) is 20.3. The van der Waals surface area contributed by atoms with Gasteiger partial charge < -0.3 is 5.32 Å². The number of hydrogen-bond donors (Lipinski definition) is 1. The van der Waals surface area contributed by atoms with E-state index in [2.05, 4.69) is 20.1 Å². The molecule has 2 aliphatic rings. The second-order valence-electron chi connectivity index (χ2n) is 8.35. The number of nitrogens with one attached hydrogen (secondary N) is 1. The highest BCUT2D eigenvalue weighted by Gasteiger charge is 2.45. The number of benzene rings is 1. The van der Waals surface area contributed by atoms with E-state index in [0.29, 0.717) is 17.4 Å². The number of rotatable bonds is 5. The summed E-state index contributed by atoms with van der Waals surface area (Å²) in [6.45, 7) is 5.42. The molecule has 9 heteroatoms. The van der Waals surface area contributed by atoms with Crippen LogP contribution in [0.1, 0.15) is 39.7 Å². The van der Waals surface area contributed by atoms with Gasteiger partial charge in [-0.25, -0.2) is 0 Å². The molecule has 0 bridgehead atoms. The van der Waals surface area contributed by atoms with Crippen LogP contribution in [0.3, 0.4) is 0 Å². The van der Waals surface area contributed by atoms with Crippen LogP contribution in [0.25, 0.3) is 10.7 Å². The summed E-state index contributed by atoms with van der Waals surface area (Å²) in [5.41, 5.74) is 0.373. The van der Waals surface area contributed by atoms with Crippen LogP contribution in [-0.2, 0) is 9.59 Å². The van der Waals surface area contributed by atoms with E-state index in [1.807, 2.05) is 48.7 Å². The first-order chi connectivity index (χ1) is 14.9. The van der Waals surface area contributed by atoms with Crippen molar-refractivity contribution in [2.75, 3.05) is 10.2 Å². The molecule has 1 fully saturated rings. The van der Waals surface area contributed by atoms with Crippen molar-refractivity contribution >= 4 is 46.3 Å². The van der Waals surface area contributed by atoms with Gasteiger partial charge in [-0.2, -0.15) is 0 Å². The summed E-state index contributed by atoms with van der Waals surface area (Å²) in [6.07, 6.45) is 2.19. The van der Waals surface area contributed by atoms with Crippen LogP contribution in [-0.4, -0.2) is 37.4 Å². The Bertz CT molecular complexity index is 1150. The van der Waals surface area contributed by atoms with Gasteiger partial charge in [-0.3, -0.25) is 19.1 Å². The van der Waals surface area contributed by atoms with Crippen molar-refractivity contribution in [3.05, 3.63) is 41.8 Å².